The van der Waals surface area contributed by atoms with E-state index in [0.29, 0.717) is 47.8 Å². The van der Waals surface area contributed by atoms with Gasteiger partial charge in [-0.1, -0.05) is 36.4 Å². The summed E-state index contributed by atoms with van der Waals surface area (Å²) in [6.07, 6.45) is 1.65. The van der Waals surface area contributed by atoms with Crippen LogP contribution in [0.3, 0.4) is 0 Å². The minimum Gasteiger partial charge on any atom is -0.462 e. The van der Waals surface area contributed by atoms with Crippen LogP contribution in [0.2, 0.25) is 0 Å². The van der Waals surface area contributed by atoms with Crippen LogP contribution in [-0.4, -0.2) is 59.1 Å². The summed E-state index contributed by atoms with van der Waals surface area (Å²) in [4.78, 5) is 48.9. The molecule has 1 aliphatic rings. The molecule has 9 heteroatoms. The molecule has 0 atom stereocenters. The summed E-state index contributed by atoms with van der Waals surface area (Å²) in [5.74, 6) is -0.651. The number of anilines is 1. The number of piperazine rings is 1. The Labute approximate surface area is 212 Å². The predicted molar refractivity (Wildman–Crippen MR) is 140 cm³/mol. The molecule has 184 valence electrons. The molecule has 1 aromatic carbocycles. The van der Waals surface area contributed by atoms with Crippen molar-refractivity contribution in [2.24, 2.45) is 0 Å². The van der Waals surface area contributed by atoms with Gasteiger partial charge in [0.05, 0.1) is 23.7 Å². The fourth-order valence-electron chi connectivity index (χ4n) is 4.58. The maximum absolute atomic E-state index is 13.8. The van der Waals surface area contributed by atoms with Crippen LogP contribution < -0.4 is 10.5 Å². The molecule has 1 amide bonds. The molecule has 3 aromatic heterocycles. The third-order valence-corrected chi connectivity index (χ3v) is 7.13. The smallest absolute Gasteiger partial charge is 0.345 e. The Morgan fingerprint density at radius 3 is 2.47 bits per heavy atom. The van der Waals surface area contributed by atoms with Gasteiger partial charge in [-0.15, -0.1) is 11.3 Å². The number of amides is 1. The van der Waals surface area contributed by atoms with Crippen LogP contribution in [0.5, 0.6) is 0 Å². The molecule has 1 saturated heterocycles. The number of carbonyl (C=O) groups is 2. The highest BCUT2D eigenvalue weighted by molar-refractivity contribution is 7.12. The minimum absolute atomic E-state index is 0.0000642. The van der Waals surface area contributed by atoms with Gasteiger partial charge in [-0.3, -0.25) is 14.2 Å². The SMILES string of the molecule is CCOC(=O)c1c(N2CCN(C(=O)c3cccs3)CC2)c2cccnc2n(Cc2ccccc2)c1=O. The lowest BCUT2D eigenvalue weighted by Gasteiger charge is -2.37. The minimum atomic E-state index is -0.651. The van der Waals surface area contributed by atoms with Crippen LogP contribution in [0, 0.1) is 0 Å². The van der Waals surface area contributed by atoms with Crippen LogP contribution in [0.1, 0.15) is 32.5 Å². The van der Waals surface area contributed by atoms with Gasteiger partial charge in [0.25, 0.3) is 11.5 Å². The highest BCUT2D eigenvalue weighted by Gasteiger charge is 2.30. The number of hydrogen-bond donors (Lipinski definition) is 0. The zero-order chi connectivity index (χ0) is 25.1. The number of ether oxygens (including phenoxy) is 1. The molecular formula is C27H26N4O4S. The summed E-state index contributed by atoms with van der Waals surface area (Å²) in [5, 5.41) is 2.59. The van der Waals surface area contributed by atoms with Crippen molar-refractivity contribution in [2.75, 3.05) is 37.7 Å². The molecule has 0 aliphatic carbocycles. The largest absolute Gasteiger partial charge is 0.462 e. The number of fused-ring (bicyclic) bond motifs is 1. The van der Waals surface area contributed by atoms with E-state index in [4.69, 9.17) is 4.74 Å². The number of thiophene rings is 1. The molecule has 0 N–H and O–H groups in total. The zero-order valence-electron chi connectivity index (χ0n) is 19.9. The highest BCUT2D eigenvalue weighted by Crippen LogP contribution is 2.30. The molecule has 0 unspecified atom stereocenters. The van der Waals surface area contributed by atoms with Crippen molar-refractivity contribution in [1.29, 1.82) is 0 Å². The molecule has 1 fully saturated rings. The van der Waals surface area contributed by atoms with E-state index in [-0.39, 0.29) is 24.6 Å². The van der Waals surface area contributed by atoms with Crippen LogP contribution in [0.4, 0.5) is 5.69 Å². The maximum atomic E-state index is 13.8. The monoisotopic (exact) mass is 502 g/mol. The van der Waals surface area contributed by atoms with Gasteiger partial charge in [0.2, 0.25) is 0 Å². The van der Waals surface area contributed by atoms with E-state index >= 15 is 0 Å². The normalized spacial score (nSPS) is 13.7. The number of esters is 1. The van der Waals surface area contributed by atoms with Gasteiger partial charge in [-0.25, -0.2) is 9.78 Å². The van der Waals surface area contributed by atoms with Gasteiger partial charge in [0, 0.05) is 37.8 Å². The van der Waals surface area contributed by atoms with E-state index in [1.54, 1.807) is 19.2 Å². The van der Waals surface area contributed by atoms with Crippen molar-refractivity contribution in [3.63, 3.8) is 0 Å². The summed E-state index contributed by atoms with van der Waals surface area (Å²) in [5.41, 5.74) is 1.53. The van der Waals surface area contributed by atoms with Crippen molar-refractivity contribution >= 4 is 39.9 Å². The average molecular weight is 503 g/mol. The molecule has 5 rings (SSSR count). The van der Waals surface area contributed by atoms with Crippen molar-refractivity contribution < 1.29 is 14.3 Å². The Morgan fingerprint density at radius 2 is 1.78 bits per heavy atom. The second-order valence-corrected chi connectivity index (χ2v) is 9.40. The Kier molecular flexibility index (Phi) is 6.81. The van der Waals surface area contributed by atoms with E-state index in [2.05, 4.69) is 4.98 Å². The third-order valence-electron chi connectivity index (χ3n) is 6.27. The molecule has 0 spiro atoms. The molecule has 0 radical (unpaired) electrons. The first-order chi connectivity index (χ1) is 17.6. The number of nitrogens with zero attached hydrogens (tertiary/aromatic N) is 4. The van der Waals surface area contributed by atoms with Crippen molar-refractivity contribution in [1.82, 2.24) is 14.5 Å². The molecule has 36 heavy (non-hydrogen) atoms. The zero-order valence-corrected chi connectivity index (χ0v) is 20.7. The Balaban J connectivity index is 1.57. The predicted octanol–water partition coefficient (Wildman–Crippen LogP) is 3.65. The molecule has 4 heterocycles. The Morgan fingerprint density at radius 1 is 1.00 bits per heavy atom. The van der Waals surface area contributed by atoms with E-state index in [9.17, 15) is 14.4 Å². The second kappa shape index (κ2) is 10.3. The summed E-state index contributed by atoms with van der Waals surface area (Å²) < 4.78 is 6.88. The van der Waals surface area contributed by atoms with Gasteiger partial charge in [0.1, 0.15) is 11.2 Å². The highest BCUT2D eigenvalue weighted by atomic mass is 32.1. The first-order valence-electron chi connectivity index (χ1n) is 11.9. The van der Waals surface area contributed by atoms with Gasteiger partial charge < -0.3 is 14.5 Å². The topological polar surface area (TPSA) is 84.7 Å². The fraction of sp³-hybridized carbons (Fsp3) is 0.259. The van der Waals surface area contributed by atoms with E-state index < -0.39 is 11.5 Å². The van der Waals surface area contributed by atoms with Gasteiger partial charge in [-0.2, -0.15) is 0 Å². The quantitative estimate of drug-likeness (QED) is 0.374. The van der Waals surface area contributed by atoms with Crippen molar-refractivity contribution in [3.8, 4) is 0 Å². The van der Waals surface area contributed by atoms with Crippen LogP contribution in [0.25, 0.3) is 11.0 Å². The number of aromatic nitrogens is 2. The molecule has 0 bridgehead atoms. The van der Waals surface area contributed by atoms with Gasteiger partial charge in [0.15, 0.2) is 0 Å². The molecule has 0 saturated carbocycles. The summed E-state index contributed by atoms with van der Waals surface area (Å²) in [6.45, 7) is 4.08. The van der Waals surface area contributed by atoms with Crippen LogP contribution >= 0.6 is 11.3 Å². The molecule has 1 aliphatic heterocycles. The maximum Gasteiger partial charge on any atom is 0.345 e. The number of carbonyl (C=O) groups excluding carboxylic acids is 2. The van der Waals surface area contributed by atoms with E-state index in [1.807, 2.05) is 63.7 Å². The van der Waals surface area contributed by atoms with Gasteiger partial charge in [-0.05, 0) is 36.1 Å². The van der Waals surface area contributed by atoms with Crippen molar-refractivity contribution in [3.05, 3.63) is 92.5 Å². The summed E-state index contributed by atoms with van der Waals surface area (Å²) in [7, 11) is 0. The first kappa shape index (κ1) is 23.7. The van der Waals surface area contributed by atoms with Crippen LogP contribution in [0.15, 0.2) is 71.0 Å². The van der Waals surface area contributed by atoms with Gasteiger partial charge >= 0.3 is 5.97 Å². The third kappa shape index (κ3) is 4.49. The van der Waals surface area contributed by atoms with E-state index in [1.165, 1.54) is 15.9 Å². The second-order valence-electron chi connectivity index (χ2n) is 8.45. The van der Waals surface area contributed by atoms with E-state index in [0.717, 1.165) is 5.56 Å². The van der Waals surface area contributed by atoms with Crippen molar-refractivity contribution in [2.45, 2.75) is 13.5 Å². The molecular weight excluding hydrogens is 476 g/mol. The standard InChI is InChI=1S/C27H26N4O4S/c1-2-35-27(34)22-23(29-13-15-30(16-14-29)25(32)21-11-7-17-36-21)20-10-6-12-28-24(20)31(26(22)33)18-19-8-4-3-5-9-19/h3-12,17H,2,13-16,18H2,1H3. The number of pyridine rings is 2. The van der Waals surface area contributed by atoms with Crippen LogP contribution in [-0.2, 0) is 11.3 Å². The molecule has 8 nitrogen and oxygen atoms in total. The Bertz CT molecular complexity index is 1440. The summed E-state index contributed by atoms with van der Waals surface area (Å²) in [6, 6.07) is 17.0. The lowest BCUT2D eigenvalue weighted by Crippen LogP contribution is -2.49. The first-order valence-corrected chi connectivity index (χ1v) is 12.8. The number of hydrogen-bond acceptors (Lipinski definition) is 7. The Hall–Kier alpha value is -3.98. The molecule has 4 aromatic rings. The number of rotatable bonds is 6. The lowest BCUT2D eigenvalue weighted by molar-refractivity contribution is 0.0523. The lowest BCUT2D eigenvalue weighted by atomic mass is 10.1. The fourth-order valence-corrected chi connectivity index (χ4v) is 5.27. The number of benzene rings is 1. The summed E-state index contributed by atoms with van der Waals surface area (Å²) >= 11 is 1.42. The average Bonchev–Trinajstić information content (AvgIpc) is 3.45.